The third kappa shape index (κ3) is 4.21. The van der Waals surface area contributed by atoms with Crippen molar-refractivity contribution in [1.82, 2.24) is 14.5 Å². The summed E-state index contributed by atoms with van der Waals surface area (Å²) in [5.41, 5.74) is 9.73. The topological polar surface area (TPSA) is 109 Å². The molecule has 4 aromatic rings. The van der Waals surface area contributed by atoms with Crippen LogP contribution in [0.5, 0.6) is 5.75 Å². The summed E-state index contributed by atoms with van der Waals surface area (Å²) in [4.78, 5) is 19.8. The number of nitrogens with zero attached hydrogens (tertiary/aromatic N) is 4. The average molecular weight is 434 g/mol. The summed E-state index contributed by atoms with van der Waals surface area (Å²) >= 11 is 0. The first-order valence-corrected chi connectivity index (χ1v) is 10.8. The molecular weight excluding hydrogens is 406 g/mol. The molecule has 0 aliphatic carbocycles. The van der Waals surface area contributed by atoms with E-state index in [1.165, 1.54) is 12.1 Å². The third-order valence-electron chi connectivity index (χ3n) is 5.33. The molecule has 2 aromatic heterocycles. The Hall–Kier alpha value is -3.68. The predicted molar refractivity (Wildman–Crippen MR) is 126 cm³/mol. The van der Waals surface area contributed by atoms with E-state index in [-0.39, 0.29) is 5.69 Å². The van der Waals surface area contributed by atoms with Crippen LogP contribution in [0.2, 0.25) is 0 Å². The first-order valence-electron chi connectivity index (χ1n) is 10.8. The summed E-state index contributed by atoms with van der Waals surface area (Å²) in [6.45, 7) is 7.69. The Balaban J connectivity index is 1.69. The maximum atomic E-state index is 10.8. The lowest BCUT2D eigenvalue weighted by atomic mass is 10.1. The summed E-state index contributed by atoms with van der Waals surface area (Å²) in [7, 11) is 0. The molecule has 8 nitrogen and oxygen atoms in total. The molecule has 2 N–H and O–H groups in total. The standard InChI is InChI=1S/C24H27N5O3/c1-4-5-21-27-22-23(28(21)13-15(2)3)19-11-10-18(12-20(19)26-24(22)25)32-14-16-6-8-17(9-7-16)29(30)31/h6-12,15H,4-5,13-14H2,1-3H3,(H2,25,26). The summed E-state index contributed by atoms with van der Waals surface area (Å²) in [5, 5.41) is 11.8. The second-order valence-electron chi connectivity index (χ2n) is 8.37. The fraction of sp³-hybridized carbons (Fsp3) is 0.333. The molecule has 0 aliphatic heterocycles. The highest BCUT2D eigenvalue weighted by Gasteiger charge is 2.18. The van der Waals surface area contributed by atoms with Gasteiger partial charge in [-0.3, -0.25) is 10.1 Å². The van der Waals surface area contributed by atoms with Gasteiger partial charge in [0.15, 0.2) is 5.82 Å². The largest absolute Gasteiger partial charge is 0.489 e. The van der Waals surface area contributed by atoms with Gasteiger partial charge in [-0.1, -0.05) is 20.8 Å². The zero-order valence-corrected chi connectivity index (χ0v) is 18.5. The van der Waals surface area contributed by atoms with Gasteiger partial charge in [-0.05, 0) is 42.2 Å². The summed E-state index contributed by atoms with van der Waals surface area (Å²) in [6, 6.07) is 12.1. The molecule has 2 heterocycles. The SMILES string of the molecule is CCCc1nc2c(N)nc3cc(OCc4ccc([N+](=O)[O-])cc4)ccc3c2n1CC(C)C. The van der Waals surface area contributed by atoms with Gasteiger partial charge in [0.2, 0.25) is 0 Å². The Morgan fingerprint density at radius 1 is 1.16 bits per heavy atom. The number of ether oxygens (including phenoxy) is 1. The van der Waals surface area contributed by atoms with Gasteiger partial charge in [0, 0.05) is 36.6 Å². The summed E-state index contributed by atoms with van der Waals surface area (Å²) in [6.07, 6.45) is 1.89. The van der Waals surface area contributed by atoms with Gasteiger partial charge in [0.25, 0.3) is 5.69 Å². The van der Waals surface area contributed by atoms with Crippen molar-refractivity contribution < 1.29 is 9.66 Å². The van der Waals surface area contributed by atoms with Crippen molar-refractivity contribution in [3.63, 3.8) is 0 Å². The van der Waals surface area contributed by atoms with Crippen molar-refractivity contribution >= 4 is 33.4 Å². The smallest absolute Gasteiger partial charge is 0.269 e. The van der Waals surface area contributed by atoms with Crippen LogP contribution in [-0.4, -0.2) is 19.5 Å². The Labute approximate surface area is 186 Å². The number of fused-ring (bicyclic) bond motifs is 3. The van der Waals surface area contributed by atoms with Gasteiger partial charge >= 0.3 is 0 Å². The molecule has 0 aliphatic rings. The molecule has 4 rings (SSSR count). The highest BCUT2D eigenvalue weighted by atomic mass is 16.6. The fourth-order valence-corrected chi connectivity index (χ4v) is 3.88. The number of nitrogens with two attached hydrogens (primary N) is 1. The number of benzene rings is 2. The zero-order chi connectivity index (χ0) is 22.8. The number of aromatic nitrogens is 3. The van der Waals surface area contributed by atoms with Crippen LogP contribution in [0.15, 0.2) is 42.5 Å². The van der Waals surface area contributed by atoms with Crippen molar-refractivity contribution in [3.05, 3.63) is 64.0 Å². The maximum Gasteiger partial charge on any atom is 0.269 e. The Morgan fingerprint density at radius 3 is 2.56 bits per heavy atom. The normalized spacial score (nSPS) is 11.5. The molecule has 0 saturated heterocycles. The van der Waals surface area contributed by atoms with E-state index in [4.69, 9.17) is 15.5 Å². The van der Waals surface area contributed by atoms with Crippen LogP contribution in [0, 0.1) is 16.0 Å². The van der Waals surface area contributed by atoms with Crippen molar-refractivity contribution in [2.45, 2.75) is 46.8 Å². The van der Waals surface area contributed by atoms with E-state index >= 15 is 0 Å². The lowest BCUT2D eigenvalue weighted by Gasteiger charge is -2.13. The molecule has 32 heavy (non-hydrogen) atoms. The molecule has 0 atom stereocenters. The number of pyridine rings is 1. The van der Waals surface area contributed by atoms with Crippen molar-refractivity contribution in [3.8, 4) is 5.75 Å². The summed E-state index contributed by atoms with van der Waals surface area (Å²) < 4.78 is 8.20. The average Bonchev–Trinajstić information content (AvgIpc) is 3.11. The number of nitro groups is 1. The number of rotatable bonds is 8. The minimum atomic E-state index is -0.416. The highest BCUT2D eigenvalue weighted by molar-refractivity contribution is 6.06. The number of nitrogen functional groups attached to an aromatic ring is 1. The number of imidazole rings is 1. The predicted octanol–water partition coefficient (Wildman–Crippen LogP) is 5.26. The quantitative estimate of drug-likeness (QED) is 0.300. The van der Waals surface area contributed by atoms with E-state index in [9.17, 15) is 10.1 Å². The minimum absolute atomic E-state index is 0.0589. The molecule has 0 bridgehead atoms. The Morgan fingerprint density at radius 2 is 1.91 bits per heavy atom. The first kappa shape index (κ1) is 21.5. The Kier molecular flexibility index (Phi) is 5.94. The van der Waals surface area contributed by atoms with Crippen LogP contribution in [0.4, 0.5) is 11.5 Å². The van der Waals surface area contributed by atoms with E-state index in [1.54, 1.807) is 12.1 Å². The summed E-state index contributed by atoms with van der Waals surface area (Å²) in [5.74, 6) is 2.58. The first-order chi connectivity index (χ1) is 15.4. The fourth-order valence-electron chi connectivity index (χ4n) is 3.88. The molecule has 2 aromatic carbocycles. The molecule has 0 unspecified atom stereocenters. The van der Waals surface area contributed by atoms with Gasteiger partial charge in [0.05, 0.1) is 16.0 Å². The van der Waals surface area contributed by atoms with Crippen molar-refractivity contribution in [2.75, 3.05) is 5.73 Å². The van der Waals surface area contributed by atoms with Gasteiger partial charge in [-0.2, -0.15) is 0 Å². The monoisotopic (exact) mass is 433 g/mol. The van der Waals surface area contributed by atoms with E-state index in [0.29, 0.717) is 24.1 Å². The van der Waals surface area contributed by atoms with E-state index in [0.717, 1.165) is 52.7 Å². The maximum absolute atomic E-state index is 10.8. The molecule has 166 valence electrons. The molecule has 0 amide bonds. The van der Waals surface area contributed by atoms with Crippen LogP contribution in [0.25, 0.3) is 21.9 Å². The number of nitro benzene ring substituents is 1. The van der Waals surface area contributed by atoms with Gasteiger partial charge in [-0.25, -0.2) is 9.97 Å². The molecule has 0 radical (unpaired) electrons. The van der Waals surface area contributed by atoms with Crippen LogP contribution < -0.4 is 10.5 Å². The van der Waals surface area contributed by atoms with E-state index in [2.05, 4.69) is 30.3 Å². The number of hydrogen-bond donors (Lipinski definition) is 1. The van der Waals surface area contributed by atoms with Crippen LogP contribution in [0.1, 0.15) is 38.6 Å². The van der Waals surface area contributed by atoms with Gasteiger partial charge in [0.1, 0.15) is 23.7 Å². The van der Waals surface area contributed by atoms with Crippen LogP contribution >= 0.6 is 0 Å². The highest BCUT2D eigenvalue weighted by Crippen LogP contribution is 2.32. The third-order valence-corrected chi connectivity index (χ3v) is 5.33. The molecule has 0 fully saturated rings. The van der Waals surface area contributed by atoms with Crippen LogP contribution in [-0.2, 0) is 19.6 Å². The lowest BCUT2D eigenvalue weighted by Crippen LogP contribution is -2.09. The number of non-ortho nitro benzene ring substituents is 1. The molecular formula is C24H27N5O3. The second kappa shape index (κ2) is 8.82. The number of anilines is 1. The Bertz CT molecular complexity index is 1280. The number of aryl methyl sites for hydroxylation is 1. The van der Waals surface area contributed by atoms with Gasteiger partial charge in [-0.15, -0.1) is 0 Å². The lowest BCUT2D eigenvalue weighted by molar-refractivity contribution is -0.384. The van der Waals surface area contributed by atoms with Crippen molar-refractivity contribution in [2.24, 2.45) is 5.92 Å². The minimum Gasteiger partial charge on any atom is -0.489 e. The molecule has 8 heteroatoms. The molecule has 0 spiro atoms. The van der Waals surface area contributed by atoms with Crippen LogP contribution in [0.3, 0.4) is 0 Å². The number of hydrogen-bond acceptors (Lipinski definition) is 6. The van der Waals surface area contributed by atoms with Gasteiger partial charge < -0.3 is 15.0 Å². The van der Waals surface area contributed by atoms with E-state index < -0.39 is 4.92 Å². The second-order valence-corrected chi connectivity index (χ2v) is 8.37. The zero-order valence-electron chi connectivity index (χ0n) is 18.5. The van der Waals surface area contributed by atoms with Crippen molar-refractivity contribution in [1.29, 1.82) is 0 Å². The van der Waals surface area contributed by atoms with E-state index in [1.807, 2.05) is 18.2 Å². The molecule has 0 saturated carbocycles.